The quantitative estimate of drug-likeness (QED) is 0.728. The number of rotatable bonds is 5. The molecule has 1 aromatic carbocycles. The van der Waals surface area contributed by atoms with Crippen LogP contribution in [0.15, 0.2) is 29.2 Å². The van der Waals surface area contributed by atoms with Gasteiger partial charge in [-0.3, -0.25) is 0 Å². The highest BCUT2D eigenvalue weighted by molar-refractivity contribution is 7.98. The third kappa shape index (κ3) is 3.70. The van der Waals surface area contributed by atoms with E-state index < -0.39 is 0 Å². The number of benzene rings is 1. The van der Waals surface area contributed by atoms with E-state index in [-0.39, 0.29) is 6.10 Å². The van der Waals surface area contributed by atoms with Crippen LogP contribution in [0, 0.1) is 0 Å². The first-order chi connectivity index (χ1) is 6.76. The maximum atomic E-state index is 9.29. The Morgan fingerprint density at radius 3 is 2.50 bits per heavy atom. The average Bonchev–Trinajstić information content (AvgIpc) is 2.26. The van der Waals surface area contributed by atoms with Crippen LogP contribution in [0.5, 0.6) is 0 Å². The van der Waals surface area contributed by atoms with Gasteiger partial charge in [0.15, 0.2) is 0 Å². The molecule has 0 bridgehead atoms. The molecule has 0 amide bonds. The number of aliphatic hydroxyl groups excluding tert-OH is 1. The van der Waals surface area contributed by atoms with E-state index in [1.165, 1.54) is 10.5 Å². The molecule has 0 heterocycles. The second-order valence-electron chi connectivity index (χ2n) is 3.28. The molecule has 78 valence electrons. The predicted molar refractivity (Wildman–Crippen MR) is 61.6 cm³/mol. The zero-order valence-corrected chi connectivity index (χ0v) is 9.26. The standard InChI is InChI=1S/C11H17NOS/c1-14-11-6-3-9(4-7-11)2-5-10(13)8-12/h3-4,6-7,10,13H,2,5,8,12H2,1H3. The number of thioether (sulfide) groups is 1. The molecular weight excluding hydrogens is 194 g/mol. The molecule has 3 heteroatoms. The van der Waals surface area contributed by atoms with Crippen LogP contribution in [0.1, 0.15) is 12.0 Å². The van der Waals surface area contributed by atoms with E-state index in [1.54, 1.807) is 11.8 Å². The lowest BCUT2D eigenvalue weighted by atomic mass is 10.1. The van der Waals surface area contributed by atoms with Crippen molar-refractivity contribution in [1.82, 2.24) is 0 Å². The van der Waals surface area contributed by atoms with Crippen molar-refractivity contribution in [2.75, 3.05) is 12.8 Å². The summed E-state index contributed by atoms with van der Waals surface area (Å²) >= 11 is 1.74. The zero-order valence-electron chi connectivity index (χ0n) is 8.44. The predicted octanol–water partition coefficient (Wildman–Crippen LogP) is 1.66. The molecule has 0 saturated heterocycles. The molecule has 1 rings (SSSR count). The van der Waals surface area contributed by atoms with Crippen molar-refractivity contribution < 1.29 is 5.11 Å². The normalized spacial score (nSPS) is 12.8. The third-order valence-corrected chi connectivity index (χ3v) is 2.94. The number of nitrogens with two attached hydrogens (primary N) is 1. The van der Waals surface area contributed by atoms with Gasteiger partial charge < -0.3 is 10.8 Å². The number of aryl methyl sites for hydroxylation is 1. The Morgan fingerprint density at radius 2 is 2.00 bits per heavy atom. The minimum Gasteiger partial charge on any atom is -0.392 e. The van der Waals surface area contributed by atoms with Crippen molar-refractivity contribution in [1.29, 1.82) is 0 Å². The lowest BCUT2D eigenvalue weighted by molar-refractivity contribution is 0.173. The molecular formula is C11H17NOS. The van der Waals surface area contributed by atoms with E-state index in [2.05, 4.69) is 30.5 Å². The molecule has 1 aromatic rings. The molecule has 14 heavy (non-hydrogen) atoms. The summed E-state index contributed by atoms with van der Waals surface area (Å²) in [7, 11) is 0. The first-order valence-corrected chi connectivity index (χ1v) is 5.99. The van der Waals surface area contributed by atoms with Gasteiger partial charge >= 0.3 is 0 Å². The highest BCUT2D eigenvalue weighted by Crippen LogP contribution is 2.15. The lowest BCUT2D eigenvalue weighted by Crippen LogP contribution is -2.20. The summed E-state index contributed by atoms with van der Waals surface area (Å²) in [5.41, 5.74) is 6.59. The Morgan fingerprint density at radius 1 is 1.36 bits per heavy atom. The maximum absolute atomic E-state index is 9.29. The smallest absolute Gasteiger partial charge is 0.0665 e. The van der Waals surface area contributed by atoms with Crippen molar-refractivity contribution in [3.8, 4) is 0 Å². The van der Waals surface area contributed by atoms with Crippen molar-refractivity contribution in [2.45, 2.75) is 23.8 Å². The second-order valence-corrected chi connectivity index (χ2v) is 4.16. The van der Waals surface area contributed by atoms with E-state index in [1.807, 2.05) is 0 Å². The van der Waals surface area contributed by atoms with E-state index >= 15 is 0 Å². The van der Waals surface area contributed by atoms with Crippen LogP contribution in [-0.2, 0) is 6.42 Å². The Kier molecular flexibility index (Phi) is 5.01. The van der Waals surface area contributed by atoms with Crippen molar-refractivity contribution in [3.05, 3.63) is 29.8 Å². The maximum Gasteiger partial charge on any atom is 0.0665 e. The summed E-state index contributed by atoms with van der Waals surface area (Å²) in [5.74, 6) is 0. The largest absolute Gasteiger partial charge is 0.392 e. The van der Waals surface area contributed by atoms with Crippen molar-refractivity contribution in [3.63, 3.8) is 0 Å². The number of hydrogen-bond acceptors (Lipinski definition) is 3. The van der Waals surface area contributed by atoms with Gasteiger partial charge in [-0.2, -0.15) is 0 Å². The van der Waals surface area contributed by atoms with Gasteiger partial charge in [-0.15, -0.1) is 11.8 Å². The number of aliphatic hydroxyl groups is 1. The minimum absolute atomic E-state index is 0.350. The fourth-order valence-electron chi connectivity index (χ4n) is 1.24. The summed E-state index contributed by atoms with van der Waals surface area (Å²) in [6, 6.07) is 8.42. The fraction of sp³-hybridized carbons (Fsp3) is 0.455. The van der Waals surface area contributed by atoms with Crippen LogP contribution in [0.4, 0.5) is 0 Å². The Balaban J connectivity index is 2.43. The van der Waals surface area contributed by atoms with Crippen LogP contribution < -0.4 is 5.73 Å². The molecule has 0 saturated carbocycles. The minimum atomic E-state index is -0.366. The van der Waals surface area contributed by atoms with E-state index in [0.29, 0.717) is 6.54 Å². The second kappa shape index (κ2) is 6.06. The van der Waals surface area contributed by atoms with E-state index in [9.17, 15) is 5.11 Å². The molecule has 0 aliphatic rings. The summed E-state index contributed by atoms with van der Waals surface area (Å²) in [6.07, 6.45) is 3.34. The average molecular weight is 211 g/mol. The molecule has 0 aromatic heterocycles. The van der Waals surface area contributed by atoms with E-state index in [4.69, 9.17) is 5.73 Å². The molecule has 3 N–H and O–H groups in total. The first kappa shape index (κ1) is 11.6. The van der Waals surface area contributed by atoms with E-state index in [0.717, 1.165) is 12.8 Å². The highest BCUT2D eigenvalue weighted by Gasteiger charge is 2.01. The van der Waals surface area contributed by atoms with Crippen molar-refractivity contribution in [2.24, 2.45) is 5.73 Å². The third-order valence-electron chi connectivity index (χ3n) is 2.20. The van der Waals surface area contributed by atoms with Crippen LogP contribution >= 0.6 is 11.8 Å². The molecule has 0 aliphatic heterocycles. The molecule has 0 spiro atoms. The summed E-state index contributed by atoms with van der Waals surface area (Å²) in [4.78, 5) is 1.27. The SMILES string of the molecule is CSc1ccc(CCC(O)CN)cc1. The Hall–Kier alpha value is -0.510. The van der Waals surface area contributed by atoms with Gasteiger partial charge in [-0.1, -0.05) is 12.1 Å². The van der Waals surface area contributed by atoms with Crippen molar-refractivity contribution >= 4 is 11.8 Å². The highest BCUT2D eigenvalue weighted by atomic mass is 32.2. The van der Waals surface area contributed by atoms with Gasteiger partial charge in [-0.05, 0) is 36.8 Å². The molecule has 0 aliphatic carbocycles. The summed E-state index contributed by atoms with van der Waals surface area (Å²) < 4.78 is 0. The van der Waals surface area contributed by atoms with Crippen LogP contribution in [0.2, 0.25) is 0 Å². The number of hydrogen-bond donors (Lipinski definition) is 2. The zero-order chi connectivity index (χ0) is 10.4. The van der Waals surface area contributed by atoms with Gasteiger partial charge in [0.05, 0.1) is 6.10 Å². The monoisotopic (exact) mass is 211 g/mol. The van der Waals surface area contributed by atoms with Gasteiger partial charge in [0, 0.05) is 11.4 Å². The lowest BCUT2D eigenvalue weighted by Gasteiger charge is -2.07. The Labute approximate surface area is 89.5 Å². The molecule has 0 fully saturated rings. The molecule has 0 radical (unpaired) electrons. The van der Waals surface area contributed by atoms with Gasteiger partial charge in [0.1, 0.15) is 0 Å². The molecule has 1 unspecified atom stereocenters. The van der Waals surface area contributed by atoms with Crippen LogP contribution in [0.3, 0.4) is 0 Å². The fourth-order valence-corrected chi connectivity index (χ4v) is 1.65. The molecule has 2 nitrogen and oxygen atoms in total. The summed E-state index contributed by atoms with van der Waals surface area (Å²) in [5, 5.41) is 9.29. The van der Waals surface area contributed by atoms with Crippen LogP contribution in [0.25, 0.3) is 0 Å². The topological polar surface area (TPSA) is 46.2 Å². The van der Waals surface area contributed by atoms with Gasteiger partial charge in [-0.25, -0.2) is 0 Å². The Bertz CT molecular complexity index is 260. The van der Waals surface area contributed by atoms with Gasteiger partial charge in [0.2, 0.25) is 0 Å². The molecule has 1 atom stereocenters. The van der Waals surface area contributed by atoms with Gasteiger partial charge in [0.25, 0.3) is 0 Å². The summed E-state index contributed by atoms with van der Waals surface area (Å²) in [6.45, 7) is 0.350. The van der Waals surface area contributed by atoms with Crippen LogP contribution in [-0.4, -0.2) is 24.0 Å². The first-order valence-electron chi connectivity index (χ1n) is 4.77.